The average Bonchev–Trinajstić information content (AvgIpc) is 2.88. The maximum Gasteiger partial charge on any atom is 0.326 e. The third kappa shape index (κ3) is 5.06. The maximum atomic E-state index is 12.2. The molecule has 130 valence electrons. The Kier molecular flexibility index (Phi) is 5.56. The van der Waals surface area contributed by atoms with E-state index in [1.54, 1.807) is 18.5 Å². The Hall–Kier alpha value is -2.41. The summed E-state index contributed by atoms with van der Waals surface area (Å²) in [5, 5.41) is 12.7. The number of ether oxygens (including phenoxy) is 1. The zero-order valence-electron chi connectivity index (χ0n) is 14.1. The number of fused-ring (bicyclic) bond motifs is 1. The molecule has 1 atom stereocenters. The van der Waals surface area contributed by atoms with Crippen molar-refractivity contribution in [3.05, 3.63) is 30.1 Å². The van der Waals surface area contributed by atoms with E-state index in [2.05, 4.69) is 15.3 Å². The number of nitrogens with one attached hydrogen (secondary N) is 2. The molecule has 0 saturated carbocycles. The monoisotopic (exact) mass is 333 g/mol. The number of carbonyl (C=O) groups is 2. The summed E-state index contributed by atoms with van der Waals surface area (Å²) >= 11 is 0. The van der Waals surface area contributed by atoms with Gasteiger partial charge in [-0.25, -0.2) is 9.78 Å². The van der Waals surface area contributed by atoms with Crippen molar-refractivity contribution >= 4 is 22.9 Å². The van der Waals surface area contributed by atoms with Crippen LogP contribution in [0.5, 0.6) is 0 Å². The number of hydrogen-bond donors (Lipinski definition) is 3. The van der Waals surface area contributed by atoms with Gasteiger partial charge in [-0.2, -0.15) is 0 Å². The fourth-order valence-electron chi connectivity index (χ4n) is 2.32. The second-order valence-corrected chi connectivity index (χ2v) is 6.60. The van der Waals surface area contributed by atoms with Crippen LogP contribution in [0, 0.1) is 0 Å². The number of carboxylic acids is 1. The van der Waals surface area contributed by atoms with Crippen molar-refractivity contribution in [3.8, 4) is 0 Å². The van der Waals surface area contributed by atoms with Gasteiger partial charge in [0.2, 0.25) is 5.91 Å². The number of nitrogens with zero attached hydrogens (tertiary/aromatic N) is 1. The molecule has 1 amide bonds. The molecule has 0 saturated heterocycles. The normalized spacial score (nSPS) is 13.0. The number of carbonyl (C=O) groups excluding carboxylic acids is 1. The molecule has 7 nitrogen and oxygen atoms in total. The number of pyridine rings is 1. The molecular weight excluding hydrogens is 310 g/mol. The molecular formula is C17H23N3O4. The second-order valence-electron chi connectivity index (χ2n) is 6.60. The Labute approximate surface area is 140 Å². The van der Waals surface area contributed by atoms with Crippen molar-refractivity contribution < 1.29 is 19.4 Å². The highest BCUT2D eigenvalue weighted by molar-refractivity contribution is 5.89. The van der Waals surface area contributed by atoms with E-state index in [1.165, 1.54) is 0 Å². The summed E-state index contributed by atoms with van der Waals surface area (Å²) in [6, 6.07) is 2.69. The first kappa shape index (κ1) is 17.9. The molecule has 24 heavy (non-hydrogen) atoms. The van der Waals surface area contributed by atoms with Gasteiger partial charge in [0, 0.05) is 30.8 Å². The van der Waals surface area contributed by atoms with Crippen LogP contribution >= 0.6 is 0 Å². The number of carboxylic acid groups (broad SMARTS) is 1. The highest BCUT2D eigenvalue weighted by Crippen LogP contribution is 2.16. The third-order valence-electron chi connectivity index (χ3n) is 3.46. The first-order chi connectivity index (χ1) is 11.3. The molecule has 1 unspecified atom stereocenters. The minimum atomic E-state index is -1.07. The maximum absolute atomic E-state index is 12.2. The first-order valence-electron chi connectivity index (χ1n) is 7.83. The van der Waals surface area contributed by atoms with E-state index in [1.807, 2.05) is 26.8 Å². The Morgan fingerprint density at radius 2 is 2.17 bits per heavy atom. The first-order valence-corrected chi connectivity index (χ1v) is 7.83. The summed E-state index contributed by atoms with van der Waals surface area (Å²) < 4.78 is 5.53. The lowest BCUT2D eigenvalue weighted by atomic mass is 10.1. The van der Waals surface area contributed by atoms with Gasteiger partial charge < -0.3 is 20.1 Å². The van der Waals surface area contributed by atoms with Crippen LogP contribution in [0.2, 0.25) is 0 Å². The molecule has 0 bridgehead atoms. The zero-order valence-corrected chi connectivity index (χ0v) is 14.1. The molecule has 0 spiro atoms. The van der Waals surface area contributed by atoms with E-state index in [0.29, 0.717) is 5.65 Å². The van der Waals surface area contributed by atoms with Crippen molar-refractivity contribution in [3.63, 3.8) is 0 Å². The molecule has 2 aromatic rings. The van der Waals surface area contributed by atoms with Crippen LogP contribution in [-0.4, -0.2) is 45.2 Å². The average molecular weight is 333 g/mol. The van der Waals surface area contributed by atoms with Gasteiger partial charge in [-0.05, 0) is 38.5 Å². The highest BCUT2D eigenvalue weighted by Gasteiger charge is 2.21. The van der Waals surface area contributed by atoms with Crippen LogP contribution in [0.3, 0.4) is 0 Å². The number of hydrogen-bond acceptors (Lipinski definition) is 4. The standard InChI is InChI=1S/C17H23N3O4/c1-17(2,3)24-8-6-13(16(22)23)20-14(21)9-11-10-19-15-12(11)5-4-7-18-15/h4-5,7,10,13H,6,8-9H2,1-3H3,(H,18,19)(H,20,21)(H,22,23). The Balaban J connectivity index is 1.94. The fourth-order valence-corrected chi connectivity index (χ4v) is 2.32. The Morgan fingerprint density at radius 1 is 1.42 bits per heavy atom. The largest absolute Gasteiger partial charge is 0.480 e. The van der Waals surface area contributed by atoms with Gasteiger partial charge >= 0.3 is 5.97 Å². The zero-order chi connectivity index (χ0) is 17.7. The molecule has 2 aromatic heterocycles. The third-order valence-corrected chi connectivity index (χ3v) is 3.46. The number of amides is 1. The van der Waals surface area contributed by atoms with Gasteiger partial charge in [0.25, 0.3) is 0 Å². The number of aromatic nitrogens is 2. The van der Waals surface area contributed by atoms with Crippen LogP contribution in [-0.2, 0) is 20.7 Å². The summed E-state index contributed by atoms with van der Waals surface area (Å²) in [5.41, 5.74) is 1.14. The Bertz CT molecular complexity index is 718. The lowest BCUT2D eigenvalue weighted by molar-refractivity contribution is -0.142. The van der Waals surface area contributed by atoms with E-state index >= 15 is 0 Å². The molecule has 2 rings (SSSR count). The predicted molar refractivity (Wildman–Crippen MR) is 89.7 cm³/mol. The van der Waals surface area contributed by atoms with Crippen molar-refractivity contribution in [1.82, 2.24) is 15.3 Å². The molecule has 3 N–H and O–H groups in total. The van der Waals surface area contributed by atoms with E-state index in [4.69, 9.17) is 4.74 Å². The second kappa shape index (κ2) is 7.44. The van der Waals surface area contributed by atoms with Gasteiger partial charge in [0.15, 0.2) is 0 Å². The lowest BCUT2D eigenvalue weighted by Gasteiger charge is -2.21. The van der Waals surface area contributed by atoms with Crippen molar-refractivity contribution in [1.29, 1.82) is 0 Å². The van der Waals surface area contributed by atoms with Crippen LogP contribution in [0.4, 0.5) is 0 Å². The molecule has 0 fully saturated rings. The molecule has 0 radical (unpaired) electrons. The molecule has 0 aromatic carbocycles. The molecule has 7 heteroatoms. The van der Waals surface area contributed by atoms with Crippen LogP contribution in [0.25, 0.3) is 11.0 Å². The summed E-state index contributed by atoms with van der Waals surface area (Å²) in [6.07, 6.45) is 3.69. The molecule has 2 heterocycles. The van der Waals surface area contributed by atoms with Gasteiger partial charge in [-0.1, -0.05) is 0 Å². The highest BCUT2D eigenvalue weighted by atomic mass is 16.5. The van der Waals surface area contributed by atoms with Crippen LogP contribution < -0.4 is 5.32 Å². The summed E-state index contributed by atoms with van der Waals surface area (Å²) in [5.74, 6) is -1.41. The van der Waals surface area contributed by atoms with E-state index < -0.39 is 12.0 Å². The Morgan fingerprint density at radius 3 is 2.83 bits per heavy atom. The molecule has 0 aliphatic heterocycles. The van der Waals surface area contributed by atoms with Crippen LogP contribution in [0.1, 0.15) is 32.8 Å². The minimum absolute atomic E-state index is 0.0929. The minimum Gasteiger partial charge on any atom is -0.480 e. The topological polar surface area (TPSA) is 104 Å². The predicted octanol–water partition coefficient (Wildman–Crippen LogP) is 1.88. The van der Waals surface area contributed by atoms with Crippen molar-refractivity contribution in [2.75, 3.05) is 6.61 Å². The number of aliphatic carboxylic acids is 1. The quantitative estimate of drug-likeness (QED) is 0.717. The summed E-state index contributed by atoms with van der Waals surface area (Å²) in [6.45, 7) is 5.95. The fraction of sp³-hybridized carbons (Fsp3) is 0.471. The van der Waals surface area contributed by atoms with Gasteiger partial charge in [-0.15, -0.1) is 0 Å². The summed E-state index contributed by atoms with van der Waals surface area (Å²) in [7, 11) is 0. The van der Waals surface area contributed by atoms with Crippen molar-refractivity contribution in [2.45, 2.75) is 45.3 Å². The van der Waals surface area contributed by atoms with Crippen LogP contribution in [0.15, 0.2) is 24.5 Å². The van der Waals surface area contributed by atoms with Crippen molar-refractivity contribution in [2.24, 2.45) is 0 Å². The number of H-pyrrole nitrogens is 1. The smallest absolute Gasteiger partial charge is 0.326 e. The number of rotatable bonds is 7. The lowest BCUT2D eigenvalue weighted by Crippen LogP contribution is -2.42. The van der Waals surface area contributed by atoms with E-state index in [9.17, 15) is 14.7 Å². The van der Waals surface area contributed by atoms with Gasteiger partial charge in [0.1, 0.15) is 11.7 Å². The van der Waals surface area contributed by atoms with Gasteiger partial charge in [0.05, 0.1) is 12.0 Å². The molecule has 0 aliphatic rings. The number of aromatic amines is 1. The van der Waals surface area contributed by atoms with E-state index in [-0.39, 0.29) is 31.0 Å². The molecule has 0 aliphatic carbocycles. The van der Waals surface area contributed by atoms with E-state index in [0.717, 1.165) is 10.9 Å². The SMILES string of the molecule is CC(C)(C)OCCC(NC(=O)Cc1c[nH]c2ncccc12)C(=O)O. The summed E-state index contributed by atoms with van der Waals surface area (Å²) in [4.78, 5) is 30.7. The van der Waals surface area contributed by atoms with Gasteiger partial charge in [-0.3, -0.25) is 4.79 Å².